The van der Waals surface area contributed by atoms with Gasteiger partial charge in [0.25, 0.3) is 0 Å². The summed E-state index contributed by atoms with van der Waals surface area (Å²) in [5.74, 6) is 0.883. The van der Waals surface area contributed by atoms with Crippen LogP contribution >= 0.6 is 0 Å². The summed E-state index contributed by atoms with van der Waals surface area (Å²) < 4.78 is 5.83. The second kappa shape index (κ2) is 6.10. The zero-order chi connectivity index (χ0) is 14.7. The number of hydrogen-bond donors (Lipinski definition) is 1. The van der Waals surface area contributed by atoms with Gasteiger partial charge in [-0.25, -0.2) is 0 Å². The van der Waals surface area contributed by atoms with Gasteiger partial charge in [0.1, 0.15) is 12.4 Å². The molecule has 0 radical (unpaired) electrons. The molecule has 0 fully saturated rings. The first kappa shape index (κ1) is 14.6. The van der Waals surface area contributed by atoms with Crippen LogP contribution in [0.25, 0.3) is 0 Å². The van der Waals surface area contributed by atoms with Crippen molar-refractivity contribution < 1.29 is 4.74 Å². The van der Waals surface area contributed by atoms with Gasteiger partial charge in [0, 0.05) is 0 Å². The number of rotatable bonds is 4. The predicted octanol–water partition coefficient (Wildman–Crippen LogP) is 4.00. The fourth-order valence-corrected chi connectivity index (χ4v) is 2.24. The molecule has 0 saturated carbocycles. The minimum absolute atomic E-state index is 0.100. The summed E-state index contributed by atoms with van der Waals surface area (Å²) >= 11 is 0. The molecule has 0 spiro atoms. The minimum Gasteiger partial charge on any atom is -0.492 e. The molecule has 0 amide bonds. The first-order chi connectivity index (χ1) is 9.47. The van der Waals surface area contributed by atoms with Crippen molar-refractivity contribution in [2.45, 2.75) is 33.7 Å². The van der Waals surface area contributed by atoms with Crippen LogP contribution in [0.3, 0.4) is 0 Å². The van der Waals surface area contributed by atoms with Gasteiger partial charge in [0.2, 0.25) is 0 Å². The molecule has 2 heteroatoms. The molecule has 0 aliphatic rings. The van der Waals surface area contributed by atoms with Gasteiger partial charge in [-0.3, -0.25) is 0 Å². The summed E-state index contributed by atoms with van der Waals surface area (Å²) in [7, 11) is 0. The molecule has 2 nitrogen and oxygen atoms in total. The lowest BCUT2D eigenvalue weighted by Gasteiger charge is -2.17. The number of hydrogen-bond acceptors (Lipinski definition) is 2. The topological polar surface area (TPSA) is 35.2 Å². The van der Waals surface area contributed by atoms with Gasteiger partial charge in [-0.2, -0.15) is 0 Å². The Kier molecular flexibility index (Phi) is 4.46. The van der Waals surface area contributed by atoms with Gasteiger partial charge in [0.15, 0.2) is 0 Å². The van der Waals surface area contributed by atoms with E-state index in [0.717, 1.165) is 11.3 Å². The van der Waals surface area contributed by atoms with Crippen molar-refractivity contribution in [1.82, 2.24) is 0 Å². The number of benzene rings is 2. The molecule has 0 aliphatic heterocycles. The lowest BCUT2D eigenvalue weighted by molar-refractivity contribution is 0.290. The van der Waals surface area contributed by atoms with E-state index in [1.165, 1.54) is 22.3 Å². The molecule has 0 bridgehead atoms. The van der Waals surface area contributed by atoms with Crippen LogP contribution in [0.2, 0.25) is 0 Å². The van der Waals surface area contributed by atoms with Gasteiger partial charge in [-0.05, 0) is 62.1 Å². The average molecular weight is 269 g/mol. The van der Waals surface area contributed by atoms with Gasteiger partial charge in [-0.15, -0.1) is 0 Å². The average Bonchev–Trinajstić information content (AvgIpc) is 2.42. The number of ether oxygens (including phenoxy) is 1. The number of aryl methyl sites for hydroxylation is 4. The van der Waals surface area contributed by atoms with Gasteiger partial charge in [-0.1, -0.05) is 29.8 Å². The van der Waals surface area contributed by atoms with Crippen LogP contribution in [-0.2, 0) is 0 Å². The minimum atomic E-state index is -0.100. The number of nitrogens with two attached hydrogens (primary N) is 1. The molecule has 0 aromatic heterocycles. The van der Waals surface area contributed by atoms with Crippen molar-refractivity contribution in [3.8, 4) is 5.75 Å². The SMILES string of the molecule is Cc1ccc(C)c(C(N)COc2ccc(C)c(C)c2)c1. The first-order valence-electron chi connectivity index (χ1n) is 7.00. The highest BCUT2D eigenvalue weighted by Gasteiger charge is 2.10. The van der Waals surface area contributed by atoms with Crippen LogP contribution in [-0.4, -0.2) is 6.61 Å². The molecule has 2 aromatic rings. The highest BCUT2D eigenvalue weighted by molar-refractivity contribution is 5.35. The van der Waals surface area contributed by atoms with Crippen LogP contribution in [0.5, 0.6) is 5.75 Å². The molecule has 2 N–H and O–H groups in total. The predicted molar refractivity (Wildman–Crippen MR) is 84.3 cm³/mol. The van der Waals surface area contributed by atoms with Crippen molar-refractivity contribution in [3.63, 3.8) is 0 Å². The summed E-state index contributed by atoms with van der Waals surface area (Å²) in [6.45, 7) is 8.85. The Morgan fingerprint density at radius 1 is 0.900 bits per heavy atom. The Labute approximate surface area is 121 Å². The lowest BCUT2D eigenvalue weighted by atomic mass is 10.00. The fraction of sp³-hybridized carbons (Fsp3) is 0.333. The van der Waals surface area contributed by atoms with Crippen LogP contribution in [0.4, 0.5) is 0 Å². The van der Waals surface area contributed by atoms with Crippen molar-refractivity contribution in [2.24, 2.45) is 5.73 Å². The molecule has 0 saturated heterocycles. The maximum atomic E-state index is 6.26. The van der Waals surface area contributed by atoms with Crippen molar-refractivity contribution in [3.05, 3.63) is 64.2 Å². The molecule has 0 heterocycles. The second-order valence-electron chi connectivity index (χ2n) is 5.52. The Morgan fingerprint density at radius 3 is 2.30 bits per heavy atom. The van der Waals surface area contributed by atoms with Gasteiger partial charge >= 0.3 is 0 Å². The van der Waals surface area contributed by atoms with Crippen LogP contribution < -0.4 is 10.5 Å². The van der Waals surface area contributed by atoms with Crippen LogP contribution in [0, 0.1) is 27.7 Å². The highest BCUT2D eigenvalue weighted by Crippen LogP contribution is 2.21. The van der Waals surface area contributed by atoms with E-state index in [1.54, 1.807) is 0 Å². The largest absolute Gasteiger partial charge is 0.492 e. The molecular formula is C18H23NO. The Morgan fingerprint density at radius 2 is 1.60 bits per heavy atom. The third-order valence-electron chi connectivity index (χ3n) is 3.74. The normalized spacial score (nSPS) is 12.2. The molecule has 1 unspecified atom stereocenters. The summed E-state index contributed by atoms with van der Waals surface area (Å²) in [4.78, 5) is 0. The molecule has 1 atom stereocenters. The summed E-state index contributed by atoms with van der Waals surface area (Å²) in [6.07, 6.45) is 0. The summed E-state index contributed by atoms with van der Waals surface area (Å²) in [5.41, 5.74) is 12.4. The standard InChI is InChI=1S/C18H23NO/c1-12-5-6-14(3)17(9-12)18(19)11-20-16-8-7-13(2)15(4)10-16/h5-10,18H,11,19H2,1-4H3. The van der Waals surface area contributed by atoms with E-state index >= 15 is 0 Å². The van der Waals surface area contributed by atoms with E-state index in [-0.39, 0.29) is 6.04 Å². The van der Waals surface area contributed by atoms with Crippen molar-refractivity contribution in [1.29, 1.82) is 0 Å². The van der Waals surface area contributed by atoms with E-state index in [4.69, 9.17) is 10.5 Å². The quantitative estimate of drug-likeness (QED) is 0.910. The molecule has 20 heavy (non-hydrogen) atoms. The third kappa shape index (κ3) is 3.40. The smallest absolute Gasteiger partial charge is 0.119 e. The maximum Gasteiger partial charge on any atom is 0.119 e. The summed E-state index contributed by atoms with van der Waals surface area (Å²) in [6, 6.07) is 12.4. The van der Waals surface area contributed by atoms with Crippen LogP contribution in [0.1, 0.15) is 33.9 Å². The van der Waals surface area contributed by atoms with Crippen molar-refractivity contribution >= 4 is 0 Å². The molecule has 2 rings (SSSR count). The highest BCUT2D eigenvalue weighted by atomic mass is 16.5. The van der Waals surface area contributed by atoms with E-state index < -0.39 is 0 Å². The molecule has 106 valence electrons. The lowest BCUT2D eigenvalue weighted by Crippen LogP contribution is -2.20. The van der Waals surface area contributed by atoms with Crippen molar-refractivity contribution in [2.75, 3.05) is 6.61 Å². The summed E-state index contributed by atoms with van der Waals surface area (Å²) in [5, 5.41) is 0. The van der Waals surface area contributed by atoms with E-state index in [2.05, 4.69) is 58.0 Å². The Bertz CT molecular complexity index is 604. The maximum absolute atomic E-state index is 6.26. The zero-order valence-electron chi connectivity index (χ0n) is 12.7. The van der Waals surface area contributed by atoms with Gasteiger partial charge < -0.3 is 10.5 Å². The fourth-order valence-electron chi connectivity index (χ4n) is 2.24. The second-order valence-corrected chi connectivity index (χ2v) is 5.52. The Balaban J connectivity index is 2.06. The monoisotopic (exact) mass is 269 g/mol. The zero-order valence-corrected chi connectivity index (χ0v) is 12.7. The first-order valence-corrected chi connectivity index (χ1v) is 7.00. The third-order valence-corrected chi connectivity index (χ3v) is 3.74. The van der Waals surface area contributed by atoms with E-state index in [9.17, 15) is 0 Å². The van der Waals surface area contributed by atoms with E-state index in [0.29, 0.717) is 6.61 Å². The molecule has 0 aliphatic carbocycles. The van der Waals surface area contributed by atoms with Crippen LogP contribution in [0.15, 0.2) is 36.4 Å². The molecular weight excluding hydrogens is 246 g/mol. The van der Waals surface area contributed by atoms with Gasteiger partial charge in [0.05, 0.1) is 6.04 Å². The Hall–Kier alpha value is -1.80. The van der Waals surface area contributed by atoms with E-state index in [1.807, 2.05) is 6.07 Å². The molecule has 2 aromatic carbocycles.